The van der Waals surface area contributed by atoms with Gasteiger partial charge >= 0.3 is 0 Å². The predicted molar refractivity (Wildman–Crippen MR) is 94.9 cm³/mol. The molecule has 2 N–H and O–H groups in total. The monoisotopic (exact) mass is 374 g/mol. The van der Waals surface area contributed by atoms with Gasteiger partial charge in [0.25, 0.3) is 5.91 Å². The molecule has 1 amide bonds. The standard InChI is InChI=1S/C18H18N2O5S/c21-7-9-25-8-6-20-15(12-3-1-5-19-11-12)14(17(23)18(20)24)16(22)13-4-2-10-26-13/h1-5,10-11,15,21,23H,6-9H2. The number of aromatic nitrogens is 1. The number of nitrogens with zero attached hydrogens (tertiary/aromatic N) is 2. The Hall–Kier alpha value is -2.55. The summed E-state index contributed by atoms with van der Waals surface area (Å²) in [6.07, 6.45) is 3.17. The van der Waals surface area contributed by atoms with Gasteiger partial charge in [-0.2, -0.15) is 0 Å². The molecule has 1 unspecified atom stereocenters. The third-order valence-electron chi connectivity index (χ3n) is 4.01. The zero-order chi connectivity index (χ0) is 18.5. The number of pyridine rings is 1. The molecule has 8 heteroatoms. The lowest BCUT2D eigenvalue weighted by molar-refractivity contribution is -0.130. The number of aliphatic hydroxyl groups excluding tert-OH is 2. The molecule has 1 aliphatic rings. The number of hydrogen-bond acceptors (Lipinski definition) is 7. The molecule has 26 heavy (non-hydrogen) atoms. The van der Waals surface area contributed by atoms with Crippen LogP contribution in [0.25, 0.3) is 0 Å². The van der Waals surface area contributed by atoms with Gasteiger partial charge in [0.15, 0.2) is 5.76 Å². The quantitative estimate of drug-likeness (QED) is 0.539. The maximum absolute atomic E-state index is 12.9. The predicted octanol–water partition coefficient (Wildman–Crippen LogP) is 1.73. The van der Waals surface area contributed by atoms with Crippen LogP contribution in [0.3, 0.4) is 0 Å². The SMILES string of the molecule is O=C(C1=C(O)C(=O)N(CCOCCO)C1c1cccnc1)c1cccs1. The van der Waals surface area contributed by atoms with Gasteiger partial charge in [-0.1, -0.05) is 12.1 Å². The van der Waals surface area contributed by atoms with E-state index in [0.717, 1.165) is 0 Å². The number of carbonyl (C=O) groups is 2. The second kappa shape index (κ2) is 8.22. The normalized spacial score (nSPS) is 17.2. The third kappa shape index (κ3) is 3.52. The fourth-order valence-electron chi connectivity index (χ4n) is 2.87. The Morgan fingerprint density at radius 1 is 1.31 bits per heavy atom. The summed E-state index contributed by atoms with van der Waals surface area (Å²) in [4.78, 5) is 31.4. The molecule has 136 valence electrons. The number of ether oxygens (including phenoxy) is 1. The van der Waals surface area contributed by atoms with E-state index in [9.17, 15) is 14.7 Å². The number of amides is 1. The smallest absolute Gasteiger partial charge is 0.290 e. The summed E-state index contributed by atoms with van der Waals surface area (Å²) in [7, 11) is 0. The number of aliphatic hydroxyl groups is 2. The first-order valence-electron chi connectivity index (χ1n) is 8.06. The van der Waals surface area contributed by atoms with Crippen LogP contribution in [0.5, 0.6) is 0 Å². The number of Topliss-reactive ketones (excluding diaryl/α,β-unsaturated/α-hetero) is 1. The van der Waals surface area contributed by atoms with E-state index in [-0.39, 0.29) is 37.7 Å². The van der Waals surface area contributed by atoms with Crippen LogP contribution in [-0.2, 0) is 9.53 Å². The molecule has 0 aliphatic carbocycles. The lowest BCUT2D eigenvalue weighted by Gasteiger charge is -2.26. The zero-order valence-electron chi connectivity index (χ0n) is 13.9. The van der Waals surface area contributed by atoms with Crippen LogP contribution >= 0.6 is 11.3 Å². The van der Waals surface area contributed by atoms with E-state index in [0.29, 0.717) is 10.4 Å². The molecule has 1 atom stereocenters. The third-order valence-corrected chi connectivity index (χ3v) is 4.87. The number of ketones is 1. The summed E-state index contributed by atoms with van der Waals surface area (Å²) < 4.78 is 5.24. The average molecular weight is 374 g/mol. The maximum atomic E-state index is 12.9. The number of rotatable bonds is 8. The van der Waals surface area contributed by atoms with Gasteiger partial charge in [-0.25, -0.2) is 0 Å². The topological polar surface area (TPSA) is 100.0 Å². The summed E-state index contributed by atoms with van der Waals surface area (Å²) in [6, 6.07) is 6.13. The van der Waals surface area contributed by atoms with Crippen LogP contribution < -0.4 is 0 Å². The highest BCUT2D eigenvalue weighted by atomic mass is 32.1. The van der Waals surface area contributed by atoms with Crippen LogP contribution in [0, 0.1) is 0 Å². The molecular formula is C18H18N2O5S. The van der Waals surface area contributed by atoms with Crippen molar-refractivity contribution in [3.8, 4) is 0 Å². The molecule has 7 nitrogen and oxygen atoms in total. The fourth-order valence-corrected chi connectivity index (χ4v) is 3.55. The molecule has 0 bridgehead atoms. The van der Waals surface area contributed by atoms with Gasteiger partial charge in [0.1, 0.15) is 0 Å². The highest BCUT2D eigenvalue weighted by Gasteiger charge is 2.43. The molecule has 2 aromatic heterocycles. The van der Waals surface area contributed by atoms with E-state index in [2.05, 4.69) is 4.98 Å². The number of hydrogen-bond donors (Lipinski definition) is 2. The lowest BCUT2D eigenvalue weighted by Crippen LogP contribution is -2.34. The van der Waals surface area contributed by atoms with Gasteiger partial charge in [-0.3, -0.25) is 14.6 Å². The number of thiophene rings is 1. The van der Waals surface area contributed by atoms with Crippen LogP contribution in [0.4, 0.5) is 0 Å². The Balaban J connectivity index is 1.95. The lowest BCUT2D eigenvalue weighted by atomic mass is 9.96. The largest absolute Gasteiger partial charge is 0.503 e. The molecule has 1 aliphatic heterocycles. The Morgan fingerprint density at radius 2 is 2.15 bits per heavy atom. The molecule has 0 saturated carbocycles. The van der Waals surface area contributed by atoms with E-state index in [1.54, 1.807) is 42.0 Å². The number of carbonyl (C=O) groups excluding carboxylic acids is 2. The highest BCUT2D eigenvalue weighted by molar-refractivity contribution is 7.12. The summed E-state index contributed by atoms with van der Waals surface area (Å²) in [5.74, 6) is -1.54. The van der Waals surface area contributed by atoms with Crippen LogP contribution in [-0.4, -0.2) is 58.2 Å². The van der Waals surface area contributed by atoms with Crippen molar-refractivity contribution in [3.63, 3.8) is 0 Å². The van der Waals surface area contributed by atoms with Crippen molar-refractivity contribution >= 4 is 23.0 Å². The van der Waals surface area contributed by atoms with Crippen molar-refractivity contribution < 1.29 is 24.5 Å². The van der Waals surface area contributed by atoms with Crippen molar-refractivity contribution in [2.45, 2.75) is 6.04 Å². The highest BCUT2D eigenvalue weighted by Crippen LogP contribution is 2.38. The second-order valence-electron chi connectivity index (χ2n) is 5.59. The first-order chi connectivity index (χ1) is 12.6. The van der Waals surface area contributed by atoms with Gasteiger partial charge in [0.05, 0.1) is 36.3 Å². The van der Waals surface area contributed by atoms with E-state index >= 15 is 0 Å². The maximum Gasteiger partial charge on any atom is 0.290 e. The van der Waals surface area contributed by atoms with Gasteiger partial charge in [0.2, 0.25) is 5.78 Å². The van der Waals surface area contributed by atoms with Crippen molar-refractivity contribution in [2.75, 3.05) is 26.4 Å². The zero-order valence-corrected chi connectivity index (χ0v) is 14.7. The van der Waals surface area contributed by atoms with Crippen LogP contribution in [0.1, 0.15) is 21.3 Å². The summed E-state index contributed by atoms with van der Waals surface area (Å²) in [6.45, 7) is 0.381. The van der Waals surface area contributed by atoms with Gasteiger partial charge < -0.3 is 19.8 Å². The Bertz CT molecular complexity index is 804. The molecule has 3 heterocycles. The van der Waals surface area contributed by atoms with Crippen LogP contribution in [0.15, 0.2) is 53.4 Å². The van der Waals surface area contributed by atoms with Crippen molar-refractivity contribution in [2.24, 2.45) is 0 Å². The van der Waals surface area contributed by atoms with E-state index in [1.165, 1.54) is 16.2 Å². The minimum atomic E-state index is -0.733. The summed E-state index contributed by atoms with van der Waals surface area (Å²) in [5, 5.41) is 21.0. The van der Waals surface area contributed by atoms with E-state index in [1.807, 2.05) is 0 Å². The summed E-state index contributed by atoms with van der Waals surface area (Å²) in [5.41, 5.74) is 0.680. The van der Waals surface area contributed by atoms with E-state index in [4.69, 9.17) is 9.84 Å². The summed E-state index contributed by atoms with van der Waals surface area (Å²) >= 11 is 1.25. The molecule has 0 saturated heterocycles. The minimum Gasteiger partial charge on any atom is -0.503 e. The average Bonchev–Trinajstić information content (AvgIpc) is 3.28. The molecule has 0 fully saturated rings. The molecule has 0 radical (unpaired) electrons. The Morgan fingerprint density at radius 3 is 2.81 bits per heavy atom. The molecule has 0 aromatic carbocycles. The van der Waals surface area contributed by atoms with Crippen LogP contribution in [0.2, 0.25) is 0 Å². The minimum absolute atomic E-state index is 0.0487. The van der Waals surface area contributed by atoms with Crippen molar-refractivity contribution in [1.82, 2.24) is 9.88 Å². The van der Waals surface area contributed by atoms with Gasteiger partial charge in [0, 0.05) is 18.9 Å². The molecule has 2 aromatic rings. The fraction of sp³-hybridized carbons (Fsp3) is 0.278. The first kappa shape index (κ1) is 18.2. The first-order valence-corrected chi connectivity index (χ1v) is 8.94. The van der Waals surface area contributed by atoms with Gasteiger partial charge in [-0.15, -0.1) is 11.3 Å². The molecule has 0 spiro atoms. The van der Waals surface area contributed by atoms with Crippen molar-refractivity contribution in [3.05, 3.63) is 63.8 Å². The van der Waals surface area contributed by atoms with Gasteiger partial charge in [-0.05, 0) is 23.1 Å². The van der Waals surface area contributed by atoms with Crippen molar-refractivity contribution in [1.29, 1.82) is 0 Å². The van der Waals surface area contributed by atoms with E-state index < -0.39 is 17.7 Å². The molecule has 3 rings (SSSR count). The Labute approximate surface area is 154 Å². The Kier molecular flexibility index (Phi) is 5.77. The second-order valence-corrected chi connectivity index (χ2v) is 6.54. The molecular weight excluding hydrogens is 356 g/mol.